The van der Waals surface area contributed by atoms with E-state index in [0.29, 0.717) is 11.9 Å². The molecule has 0 spiro atoms. The van der Waals surface area contributed by atoms with E-state index in [1.165, 1.54) is 8.96 Å². The van der Waals surface area contributed by atoms with E-state index in [-0.39, 0.29) is 0 Å². The summed E-state index contributed by atoms with van der Waals surface area (Å²) in [7, 11) is 4.42. The molecule has 0 bridgehead atoms. The largest absolute Gasteiger partial charge is 0.403 e. The van der Waals surface area contributed by atoms with Crippen molar-refractivity contribution in [2.24, 2.45) is 0 Å². The zero-order valence-electron chi connectivity index (χ0n) is 9.51. The van der Waals surface area contributed by atoms with E-state index in [9.17, 15) is 0 Å². The van der Waals surface area contributed by atoms with Gasteiger partial charge in [0, 0.05) is 27.8 Å². The zero-order chi connectivity index (χ0) is 12.7. The molecule has 0 radical (unpaired) electrons. The Morgan fingerprint density at radius 2 is 2.22 bits per heavy atom. The molecular formula is C11H10IN4OP. The topological polar surface area (TPSA) is 55.9 Å². The van der Waals surface area contributed by atoms with Gasteiger partial charge in [-0.3, -0.25) is 0 Å². The van der Waals surface area contributed by atoms with Crippen LogP contribution in [0.3, 0.4) is 0 Å². The molecule has 2 aromatic heterocycles. The molecule has 1 N–H and O–H groups in total. The van der Waals surface area contributed by atoms with Gasteiger partial charge in [-0.1, -0.05) is 5.10 Å². The van der Waals surface area contributed by atoms with E-state index in [1.807, 2.05) is 16.5 Å². The van der Waals surface area contributed by atoms with E-state index in [0.717, 1.165) is 11.1 Å². The van der Waals surface area contributed by atoms with E-state index in [1.54, 1.807) is 7.05 Å². The van der Waals surface area contributed by atoms with Crippen LogP contribution in [0.15, 0.2) is 28.8 Å². The number of benzene rings is 1. The average molecular weight is 372 g/mol. The van der Waals surface area contributed by atoms with Crippen molar-refractivity contribution in [1.82, 2.24) is 14.5 Å². The summed E-state index contributed by atoms with van der Waals surface area (Å²) in [5, 5.41) is 11.9. The van der Waals surface area contributed by atoms with E-state index < -0.39 is 0 Å². The molecule has 0 saturated carbocycles. The zero-order valence-corrected chi connectivity index (χ0v) is 12.8. The molecule has 2 heterocycles. The Kier molecular flexibility index (Phi) is 2.99. The molecule has 18 heavy (non-hydrogen) atoms. The Labute approximate surface area is 119 Å². The van der Waals surface area contributed by atoms with Crippen LogP contribution in [0.1, 0.15) is 0 Å². The second-order valence-corrected chi connectivity index (χ2v) is 5.50. The molecule has 0 amide bonds. The van der Waals surface area contributed by atoms with Crippen molar-refractivity contribution >= 4 is 48.9 Å². The lowest BCUT2D eigenvalue weighted by molar-refractivity contribution is 0.585. The molecule has 0 fully saturated rings. The highest BCUT2D eigenvalue weighted by atomic mass is 127. The van der Waals surface area contributed by atoms with Crippen LogP contribution in [0.2, 0.25) is 0 Å². The van der Waals surface area contributed by atoms with Gasteiger partial charge in [0.05, 0.1) is 5.52 Å². The molecule has 0 aliphatic heterocycles. The van der Waals surface area contributed by atoms with Crippen molar-refractivity contribution < 1.29 is 4.42 Å². The smallest absolute Gasteiger partial charge is 0.315 e. The van der Waals surface area contributed by atoms with Gasteiger partial charge in [-0.2, -0.15) is 0 Å². The van der Waals surface area contributed by atoms with Crippen molar-refractivity contribution in [3.05, 3.63) is 28.0 Å². The van der Waals surface area contributed by atoms with Gasteiger partial charge in [0.25, 0.3) is 0 Å². The lowest BCUT2D eigenvalue weighted by atomic mass is 10.1. The molecule has 3 rings (SSSR count). The number of hydrogen-bond acceptors (Lipinski definition) is 4. The SMILES string of the molecule is CNc1nnc(-c2ccc3c(c2)c(I)cn3P)o1. The molecule has 3 aromatic rings. The summed E-state index contributed by atoms with van der Waals surface area (Å²) in [6, 6.07) is 6.50. The first-order valence-corrected chi connectivity index (χ1v) is 6.86. The summed E-state index contributed by atoms with van der Waals surface area (Å²) in [5.74, 6) is 0.522. The van der Waals surface area contributed by atoms with E-state index in [4.69, 9.17) is 4.42 Å². The Bertz CT molecular complexity index is 721. The van der Waals surface area contributed by atoms with Crippen LogP contribution in [0.25, 0.3) is 22.4 Å². The predicted octanol–water partition coefficient (Wildman–Crippen LogP) is 2.98. The number of hydrogen-bond donors (Lipinski definition) is 1. The summed E-state index contributed by atoms with van der Waals surface area (Å²) in [5.41, 5.74) is 2.08. The Morgan fingerprint density at radius 1 is 1.39 bits per heavy atom. The van der Waals surface area contributed by atoms with Gasteiger partial charge in [-0.05, 0) is 50.2 Å². The van der Waals surface area contributed by atoms with Crippen LogP contribution >= 0.6 is 32.0 Å². The van der Waals surface area contributed by atoms with Crippen LogP contribution in [0.5, 0.6) is 0 Å². The van der Waals surface area contributed by atoms with Crippen LogP contribution in [0.4, 0.5) is 6.01 Å². The van der Waals surface area contributed by atoms with Gasteiger partial charge in [-0.15, -0.1) is 5.10 Å². The van der Waals surface area contributed by atoms with E-state index in [2.05, 4.69) is 59.8 Å². The fourth-order valence-corrected chi connectivity index (χ4v) is 3.20. The van der Waals surface area contributed by atoms with Crippen LogP contribution < -0.4 is 5.32 Å². The van der Waals surface area contributed by atoms with E-state index >= 15 is 0 Å². The number of fused-ring (bicyclic) bond motifs is 1. The lowest BCUT2D eigenvalue weighted by Crippen LogP contribution is -1.85. The predicted molar refractivity (Wildman–Crippen MR) is 82.6 cm³/mol. The van der Waals surface area contributed by atoms with Gasteiger partial charge in [0.1, 0.15) is 0 Å². The average Bonchev–Trinajstić information content (AvgIpc) is 2.95. The van der Waals surface area contributed by atoms with Crippen LogP contribution in [-0.4, -0.2) is 21.6 Å². The molecule has 0 aliphatic rings. The second-order valence-electron chi connectivity index (χ2n) is 3.78. The number of nitrogens with one attached hydrogen (secondary N) is 1. The van der Waals surface area contributed by atoms with Crippen LogP contribution in [-0.2, 0) is 0 Å². The lowest BCUT2D eigenvalue weighted by Gasteiger charge is -1.98. The molecule has 92 valence electrons. The minimum absolute atomic E-state index is 0.420. The fourth-order valence-electron chi connectivity index (χ4n) is 1.79. The summed E-state index contributed by atoms with van der Waals surface area (Å²) < 4.78 is 8.68. The molecule has 0 aliphatic carbocycles. The van der Waals surface area contributed by atoms with Gasteiger partial charge in [-0.25, -0.2) is 0 Å². The highest BCUT2D eigenvalue weighted by Gasteiger charge is 2.10. The van der Waals surface area contributed by atoms with Crippen molar-refractivity contribution in [3.63, 3.8) is 0 Å². The third-order valence-electron chi connectivity index (χ3n) is 2.67. The first kappa shape index (κ1) is 11.9. The summed E-state index contributed by atoms with van der Waals surface area (Å²) in [4.78, 5) is 0. The minimum atomic E-state index is 0.420. The molecule has 1 atom stereocenters. The number of rotatable bonds is 2. The molecule has 0 saturated heterocycles. The molecule has 5 nitrogen and oxygen atoms in total. The third-order valence-corrected chi connectivity index (χ3v) is 3.96. The van der Waals surface area contributed by atoms with Gasteiger partial charge >= 0.3 is 6.01 Å². The standard InChI is InChI=1S/C11H10IN4OP/c1-13-11-15-14-10(17-11)6-2-3-9-7(4-6)8(12)5-16(9)18/h2-5H,18H2,1H3,(H,13,15). The van der Waals surface area contributed by atoms with Gasteiger partial charge < -0.3 is 14.1 Å². The number of halogens is 1. The monoisotopic (exact) mass is 372 g/mol. The van der Waals surface area contributed by atoms with Crippen molar-refractivity contribution in [2.75, 3.05) is 12.4 Å². The van der Waals surface area contributed by atoms with Crippen molar-refractivity contribution in [3.8, 4) is 11.5 Å². The minimum Gasteiger partial charge on any atom is -0.403 e. The van der Waals surface area contributed by atoms with Crippen molar-refractivity contribution in [1.29, 1.82) is 0 Å². The molecule has 7 heteroatoms. The highest BCUT2D eigenvalue weighted by Crippen LogP contribution is 2.29. The Balaban J connectivity index is 2.15. The number of aromatic nitrogens is 3. The highest BCUT2D eigenvalue weighted by molar-refractivity contribution is 14.1. The maximum atomic E-state index is 5.47. The maximum absolute atomic E-state index is 5.47. The third kappa shape index (κ3) is 1.89. The summed E-state index contributed by atoms with van der Waals surface area (Å²) >= 11 is 2.31. The molecule has 1 aromatic carbocycles. The number of nitrogens with zero attached hydrogens (tertiary/aromatic N) is 3. The van der Waals surface area contributed by atoms with Crippen LogP contribution in [0, 0.1) is 3.57 Å². The fraction of sp³-hybridized carbons (Fsp3) is 0.0909. The number of anilines is 1. The van der Waals surface area contributed by atoms with Gasteiger partial charge in [0.15, 0.2) is 0 Å². The maximum Gasteiger partial charge on any atom is 0.315 e. The Hall–Kier alpha value is -1.14. The normalized spacial score (nSPS) is 11.1. The first-order chi connectivity index (χ1) is 8.69. The quantitative estimate of drug-likeness (QED) is 0.555. The molecule has 1 unspecified atom stereocenters. The summed E-state index contributed by atoms with van der Waals surface area (Å²) in [6.07, 6.45) is 2.06. The summed E-state index contributed by atoms with van der Waals surface area (Å²) in [6.45, 7) is 0. The van der Waals surface area contributed by atoms with Gasteiger partial charge in [0.2, 0.25) is 5.89 Å². The molecular weight excluding hydrogens is 362 g/mol. The Morgan fingerprint density at radius 3 is 2.94 bits per heavy atom. The first-order valence-electron chi connectivity index (χ1n) is 5.26. The van der Waals surface area contributed by atoms with Crippen molar-refractivity contribution in [2.45, 2.75) is 0 Å². The second kappa shape index (κ2) is 4.51.